The van der Waals surface area contributed by atoms with Crippen LogP contribution in [-0.2, 0) is 4.79 Å². The van der Waals surface area contributed by atoms with Gasteiger partial charge in [0.25, 0.3) is 0 Å². The van der Waals surface area contributed by atoms with Crippen LogP contribution in [0.15, 0.2) is 0 Å². The Labute approximate surface area is 88.3 Å². The van der Waals surface area contributed by atoms with Crippen LogP contribution in [0.5, 0.6) is 0 Å². The summed E-state index contributed by atoms with van der Waals surface area (Å²) < 4.78 is 0. The standard InChI is InChI=1S/C13H24O/c1-5-7-12(14)13(4)10(2)8-6-9-11(13)3/h10-11H,5-9H2,1-4H3. The third-order valence-electron chi connectivity index (χ3n) is 4.40. The zero-order valence-electron chi connectivity index (χ0n) is 10.1. The maximum absolute atomic E-state index is 12.1. The van der Waals surface area contributed by atoms with Crippen LogP contribution in [0, 0.1) is 17.3 Å². The Morgan fingerprint density at radius 2 is 1.79 bits per heavy atom. The van der Waals surface area contributed by atoms with E-state index in [1.165, 1.54) is 19.3 Å². The van der Waals surface area contributed by atoms with Crippen molar-refractivity contribution in [1.82, 2.24) is 0 Å². The molecule has 0 spiro atoms. The van der Waals surface area contributed by atoms with Gasteiger partial charge in [-0.05, 0) is 31.1 Å². The Morgan fingerprint density at radius 3 is 2.21 bits per heavy atom. The molecule has 1 aliphatic carbocycles. The van der Waals surface area contributed by atoms with E-state index in [-0.39, 0.29) is 5.41 Å². The van der Waals surface area contributed by atoms with Crippen molar-refractivity contribution < 1.29 is 4.79 Å². The topological polar surface area (TPSA) is 17.1 Å². The first-order valence-corrected chi connectivity index (χ1v) is 6.06. The molecular formula is C13H24O. The minimum Gasteiger partial charge on any atom is -0.299 e. The predicted octanol–water partition coefficient (Wildman–Crippen LogP) is 3.82. The molecule has 0 radical (unpaired) electrons. The van der Waals surface area contributed by atoms with E-state index in [2.05, 4.69) is 27.7 Å². The summed E-state index contributed by atoms with van der Waals surface area (Å²) in [4.78, 5) is 12.1. The van der Waals surface area contributed by atoms with Crippen molar-refractivity contribution in [2.75, 3.05) is 0 Å². The minimum absolute atomic E-state index is 0.0335. The number of hydrogen-bond donors (Lipinski definition) is 0. The van der Waals surface area contributed by atoms with Crippen molar-refractivity contribution in [3.05, 3.63) is 0 Å². The first-order valence-electron chi connectivity index (χ1n) is 6.06. The van der Waals surface area contributed by atoms with Gasteiger partial charge in [-0.15, -0.1) is 0 Å². The highest BCUT2D eigenvalue weighted by Crippen LogP contribution is 2.46. The van der Waals surface area contributed by atoms with Crippen LogP contribution in [-0.4, -0.2) is 5.78 Å². The molecule has 0 aromatic rings. The second kappa shape index (κ2) is 4.46. The van der Waals surface area contributed by atoms with Gasteiger partial charge in [-0.3, -0.25) is 4.79 Å². The van der Waals surface area contributed by atoms with E-state index >= 15 is 0 Å². The van der Waals surface area contributed by atoms with Gasteiger partial charge >= 0.3 is 0 Å². The summed E-state index contributed by atoms with van der Waals surface area (Å²) in [7, 11) is 0. The Kier molecular flexibility index (Phi) is 3.74. The van der Waals surface area contributed by atoms with Crippen molar-refractivity contribution in [1.29, 1.82) is 0 Å². The maximum Gasteiger partial charge on any atom is 0.139 e. The molecule has 0 aromatic carbocycles. The van der Waals surface area contributed by atoms with E-state index in [9.17, 15) is 4.79 Å². The molecule has 1 saturated carbocycles. The third kappa shape index (κ3) is 1.87. The number of rotatable bonds is 3. The molecule has 0 aliphatic heterocycles. The van der Waals surface area contributed by atoms with Gasteiger partial charge in [-0.25, -0.2) is 0 Å². The van der Waals surface area contributed by atoms with Crippen molar-refractivity contribution in [3.63, 3.8) is 0 Å². The maximum atomic E-state index is 12.1. The highest BCUT2D eigenvalue weighted by Gasteiger charge is 2.44. The van der Waals surface area contributed by atoms with Gasteiger partial charge in [0.1, 0.15) is 5.78 Å². The van der Waals surface area contributed by atoms with Crippen molar-refractivity contribution in [3.8, 4) is 0 Å². The molecule has 1 nitrogen and oxygen atoms in total. The molecule has 0 heterocycles. The van der Waals surface area contributed by atoms with Gasteiger partial charge in [0.05, 0.1) is 0 Å². The van der Waals surface area contributed by atoms with Crippen LogP contribution in [0.3, 0.4) is 0 Å². The van der Waals surface area contributed by atoms with Gasteiger partial charge in [-0.1, -0.05) is 34.1 Å². The first-order chi connectivity index (χ1) is 6.53. The van der Waals surface area contributed by atoms with Gasteiger partial charge in [0, 0.05) is 11.8 Å². The second-order valence-corrected chi connectivity index (χ2v) is 5.19. The van der Waals surface area contributed by atoms with Crippen LogP contribution < -0.4 is 0 Å². The summed E-state index contributed by atoms with van der Waals surface area (Å²) in [6, 6.07) is 0. The molecule has 2 unspecified atom stereocenters. The van der Waals surface area contributed by atoms with Crippen LogP contribution in [0.1, 0.15) is 59.8 Å². The van der Waals surface area contributed by atoms with Gasteiger partial charge < -0.3 is 0 Å². The van der Waals surface area contributed by atoms with Crippen molar-refractivity contribution in [2.45, 2.75) is 59.8 Å². The summed E-state index contributed by atoms with van der Waals surface area (Å²) in [6.07, 6.45) is 5.53. The largest absolute Gasteiger partial charge is 0.299 e. The Bertz CT molecular complexity index is 197. The lowest BCUT2D eigenvalue weighted by Gasteiger charge is -2.43. The molecule has 0 amide bonds. The highest BCUT2D eigenvalue weighted by molar-refractivity contribution is 5.85. The fraction of sp³-hybridized carbons (Fsp3) is 0.923. The lowest BCUT2D eigenvalue weighted by molar-refractivity contribution is -0.136. The molecule has 1 rings (SSSR count). The molecule has 14 heavy (non-hydrogen) atoms. The summed E-state index contributed by atoms with van der Waals surface area (Å²) in [5, 5.41) is 0. The molecule has 0 N–H and O–H groups in total. The van der Waals surface area contributed by atoms with E-state index in [0.29, 0.717) is 17.6 Å². The Hall–Kier alpha value is -0.330. The Balaban J connectivity index is 2.81. The quantitative estimate of drug-likeness (QED) is 0.670. The number of carbonyl (C=O) groups is 1. The summed E-state index contributed by atoms with van der Waals surface area (Å²) in [5.74, 6) is 1.65. The summed E-state index contributed by atoms with van der Waals surface area (Å²) >= 11 is 0. The average molecular weight is 196 g/mol. The average Bonchev–Trinajstić information content (AvgIpc) is 2.14. The van der Waals surface area contributed by atoms with Crippen LogP contribution in [0.25, 0.3) is 0 Å². The fourth-order valence-electron chi connectivity index (χ4n) is 2.86. The lowest BCUT2D eigenvalue weighted by Crippen LogP contribution is -2.43. The third-order valence-corrected chi connectivity index (χ3v) is 4.40. The molecule has 0 saturated heterocycles. The van der Waals surface area contributed by atoms with E-state index < -0.39 is 0 Å². The number of Topliss-reactive ketones (excluding diaryl/α,β-unsaturated/α-hetero) is 1. The number of hydrogen-bond acceptors (Lipinski definition) is 1. The second-order valence-electron chi connectivity index (χ2n) is 5.19. The molecule has 0 bridgehead atoms. The first kappa shape index (κ1) is 11.7. The highest BCUT2D eigenvalue weighted by atomic mass is 16.1. The van der Waals surface area contributed by atoms with E-state index in [1.54, 1.807) is 0 Å². The van der Waals surface area contributed by atoms with Gasteiger partial charge in [0.15, 0.2) is 0 Å². The number of carbonyl (C=O) groups excluding carboxylic acids is 1. The molecule has 1 heteroatoms. The minimum atomic E-state index is -0.0335. The number of ketones is 1. The summed E-state index contributed by atoms with van der Waals surface area (Å²) in [5.41, 5.74) is -0.0335. The van der Waals surface area contributed by atoms with Crippen LogP contribution in [0.4, 0.5) is 0 Å². The zero-order valence-corrected chi connectivity index (χ0v) is 10.1. The summed E-state index contributed by atoms with van der Waals surface area (Å²) in [6.45, 7) is 8.80. The molecular weight excluding hydrogens is 172 g/mol. The molecule has 1 fully saturated rings. The smallest absolute Gasteiger partial charge is 0.139 e. The molecule has 0 aromatic heterocycles. The SMILES string of the molecule is CCCC(=O)C1(C)C(C)CCCC1C. The van der Waals surface area contributed by atoms with Gasteiger partial charge in [-0.2, -0.15) is 0 Å². The van der Waals surface area contributed by atoms with E-state index in [1.807, 2.05) is 0 Å². The predicted molar refractivity (Wildman–Crippen MR) is 60.2 cm³/mol. The van der Waals surface area contributed by atoms with E-state index in [0.717, 1.165) is 12.8 Å². The lowest BCUT2D eigenvalue weighted by atomic mass is 9.59. The zero-order chi connectivity index (χ0) is 10.8. The van der Waals surface area contributed by atoms with Gasteiger partial charge in [0.2, 0.25) is 0 Å². The molecule has 1 aliphatic rings. The monoisotopic (exact) mass is 196 g/mol. The van der Waals surface area contributed by atoms with Crippen molar-refractivity contribution in [2.24, 2.45) is 17.3 Å². The normalized spacial score (nSPS) is 38.3. The fourth-order valence-corrected chi connectivity index (χ4v) is 2.86. The van der Waals surface area contributed by atoms with Crippen LogP contribution in [0.2, 0.25) is 0 Å². The Morgan fingerprint density at radius 1 is 1.29 bits per heavy atom. The van der Waals surface area contributed by atoms with Crippen molar-refractivity contribution >= 4 is 5.78 Å². The molecule has 2 atom stereocenters. The van der Waals surface area contributed by atoms with E-state index in [4.69, 9.17) is 0 Å². The van der Waals surface area contributed by atoms with Crippen LogP contribution >= 0.6 is 0 Å². The molecule has 82 valence electrons.